The van der Waals surface area contributed by atoms with Crippen molar-refractivity contribution in [3.63, 3.8) is 0 Å². The molecule has 0 spiro atoms. The fourth-order valence-corrected chi connectivity index (χ4v) is 3.79. The largest absolute Gasteiger partial charge is 0.465 e. The minimum absolute atomic E-state index is 0.208. The van der Waals surface area contributed by atoms with Crippen molar-refractivity contribution >= 4 is 33.9 Å². The molecule has 0 radical (unpaired) electrons. The lowest BCUT2D eigenvalue weighted by molar-refractivity contribution is -0.136. The van der Waals surface area contributed by atoms with Gasteiger partial charge in [-0.25, -0.2) is 4.79 Å². The highest BCUT2D eigenvalue weighted by atomic mass is 79.9. The summed E-state index contributed by atoms with van der Waals surface area (Å²) in [5.74, 6) is -0.711. The Morgan fingerprint density at radius 1 is 1.19 bits per heavy atom. The Kier molecular flexibility index (Phi) is 5.11. The van der Waals surface area contributed by atoms with Crippen LogP contribution in [0.5, 0.6) is 0 Å². The number of likely N-dealkylation sites (N-methyl/N-ethyl adjacent to an activating group) is 1. The third-order valence-electron chi connectivity index (χ3n) is 4.90. The van der Waals surface area contributed by atoms with Gasteiger partial charge in [0.2, 0.25) is 0 Å². The molecule has 1 amide bonds. The first kappa shape index (κ1) is 19.2. The summed E-state index contributed by atoms with van der Waals surface area (Å²) in [6.45, 7) is 5.76. The third kappa shape index (κ3) is 3.25. The summed E-state index contributed by atoms with van der Waals surface area (Å²) in [6, 6.07) is 10.0. The van der Waals surface area contributed by atoms with Crippen molar-refractivity contribution < 1.29 is 14.3 Å². The average Bonchev–Trinajstić information content (AvgIpc) is 3.03. The van der Waals surface area contributed by atoms with Crippen LogP contribution in [0, 0.1) is 13.8 Å². The summed E-state index contributed by atoms with van der Waals surface area (Å²) >= 11 is 3.51. The number of amides is 1. The number of rotatable bonds is 3. The highest BCUT2D eigenvalue weighted by Crippen LogP contribution is 2.32. The van der Waals surface area contributed by atoms with Crippen molar-refractivity contribution in [2.45, 2.75) is 20.8 Å². The molecule has 140 valence electrons. The first-order valence-corrected chi connectivity index (χ1v) is 9.29. The van der Waals surface area contributed by atoms with Crippen LogP contribution in [0.4, 0.5) is 0 Å². The second-order valence-electron chi connectivity index (χ2n) is 6.52. The molecule has 2 heterocycles. The third-order valence-corrected chi connectivity index (χ3v) is 5.39. The summed E-state index contributed by atoms with van der Waals surface area (Å²) in [7, 11) is 2.98. The van der Waals surface area contributed by atoms with Crippen molar-refractivity contribution in [3.8, 4) is 5.69 Å². The fourth-order valence-electron chi connectivity index (χ4n) is 3.40. The molecule has 2 aromatic rings. The number of benzene rings is 1. The molecule has 1 aromatic heterocycles. The Hall–Kier alpha value is -2.60. The van der Waals surface area contributed by atoms with Crippen LogP contribution in [0.2, 0.25) is 0 Å². The number of hydrogen-bond donors (Lipinski definition) is 0. The summed E-state index contributed by atoms with van der Waals surface area (Å²) in [5.41, 5.74) is 5.21. The van der Waals surface area contributed by atoms with Gasteiger partial charge in [-0.05, 0) is 56.7 Å². The fraction of sp³-hybridized carbons (Fsp3) is 0.238. The van der Waals surface area contributed by atoms with Gasteiger partial charge < -0.3 is 14.2 Å². The van der Waals surface area contributed by atoms with Crippen LogP contribution in [0.25, 0.3) is 11.8 Å². The van der Waals surface area contributed by atoms with Crippen molar-refractivity contribution in [1.82, 2.24) is 9.47 Å². The normalized spacial score (nSPS) is 15.9. The SMILES string of the molecule is COC(=O)C1=C(C)N(C)C(=O)/C1=C\c1cc(C)n(-c2cccc(Br)c2)c1C. The van der Waals surface area contributed by atoms with Gasteiger partial charge in [0, 0.05) is 34.3 Å². The van der Waals surface area contributed by atoms with Gasteiger partial charge in [0.1, 0.15) is 0 Å². The standard InChI is InChI=1S/C21H21BrN2O3/c1-12-9-15(13(2)24(12)17-8-6-7-16(22)11-17)10-18-19(21(26)27-5)14(3)23(4)20(18)25/h6-11H,1-5H3/b18-10-. The second kappa shape index (κ2) is 7.19. The van der Waals surface area contributed by atoms with Crippen molar-refractivity contribution in [2.24, 2.45) is 0 Å². The van der Waals surface area contributed by atoms with Gasteiger partial charge in [-0.2, -0.15) is 0 Å². The maximum Gasteiger partial charge on any atom is 0.340 e. The number of nitrogens with zero attached hydrogens (tertiary/aromatic N) is 2. The van der Waals surface area contributed by atoms with Crippen LogP contribution in [-0.4, -0.2) is 35.5 Å². The van der Waals surface area contributed by atoms with E-state index in [1.807, 2.05) is 44.2 Å². The number of methoxy groups -OCH3 is 1. The van der Waals surface area contributed by atoms with E-state index in [0.29, 0.717) is 16.8 Å². The van der Waals surface area contributed by atoms with Gasteiger partial charge >= 0.3 is 5.97 Å². The molecule has 3 rings (SSSR count). The number of hydrogen-bond acceptors (Lipinski definition) is 3. The molecule has 1 aromatic carbocycles. The molecule has 5 nitrogen and oxygen atoms in total. The zero-order valence-corrected chi connectivity index (χ0v) is 17.5. The van der Waals surface area contributed by atoms with Crippen LogP contribution in [-0.2, 0) is 14.3 Å². The van der Waals surface area contributed by atoms with E-state index in [1.54, 1.807) is 20.0 Å². The number of carbonyl (C=O) groups is 2. The zero-order valence-electron chi connectivity index (χ0n) is 16.0. The Labute approximate surface area is 167 Å². The lowest BCUT2D eigenvalue weighted by Gasteiger charge is -2.10. The van der Waals surface area contributed by atoms with Crippen molar-refractivity contribution in [1.29, 1.82) is 0 Å². The first-order valence-electron chi connectivity index (χ1n) is 8.50. The molecule has 0 atom stereocenters. The molecular formula is C21H21BrN2O3. The summed E-state index contributed by atoms with van der Waals surface area (Å²) in [4.78, 5) is 26.4. The topological polar surface area (TPSA) is 51.5 Å². The maximum absolute atomic E-state index is 12.7. The molecular weight excluding hydrogens is 408 g/mol. The van der Waals surface area contributed by atoms with Crippen LogP contribution in [0.3, 0.4) is 0 Å². The zero-order chi connectivity index (χ0) is 19.9. The van der Waals surface area contributed by atoms with Gasteiger partial charge in [0.05, 0.1) is 18.3 Å². The van der Waals surface area contributed by atoms with E-state index < -0.39 is 5.97 Å². The summed E-state index contributed by atoms with van der Waals surface area (Å²) in [5, 5.41) is 0. The van der Waals surface area contributed by atoms with Crippen LogP contribution in [0.1, 0.15) is 23.9 Å². The summed E-state index contributed by atoms with van der Waals surface area (Å²) < 4.78 is 8.00. The highest BCUT2D eigenvalue weighted by molar-refractivity contribution is 9.10. The molecule has 0 aliphatic carbocycles. The van der Waals surface area contributed by atoms with E-state index in [-0.39, 0.29) is 5.91 Å². The van der Waals surface area contributed by atoms with E-state index in [2.05, 4.69) is 20.5 Å². The van der Waals surface area contributed by atoms with E-state index in [4.69, 9.17) is 4.74 Å². The van der Waals surface area contributed by atoms with Gasteiger partial charge in [-0.3, -0.25) is 4.79 Å². The quantitative estimate of drug-likeness (QED) is 0.544. The Balaban J connectivity index is 2.14. The second-order valence-corrected chi connectivity index (χ2v) is 7.43. The molecule has 0 fully saturated rings. The van der Waals surface area contributed by atoms with E-state index in [0.717, 1.165) is 27.1 Å². The first-order chi connectivity index (χ1) is 12.8. The number of halogens is 1. The number of aromatic nitrogens is 1. The average molecular weight is 429 g/mol. The number of esters is 1. The Morgan fingerprint density at radius 2 is 1.89 bits per heavy atom. The molecule has 1 aliphatic heterocycles. The van der Waals surface area contributed by atoms with Crippen LogP contribution < -0.4 is 0 Å². The molecule has 0 unspecified atom stereocenters. The van der Waals surface area contributed by atoms with E-state index >= 15 is 0 Å². The predicted octanol–water partition coefficient (Wildman–Crippen LogP) is 4.16. The number of ether oxygens (including phenoxy) is 1. The lowest BCUT2D eigenvalue weighted by Crippen LogP contribution is -2.19. The van der Waals surface area contributed by atoms with Gasteiger partial charge in [0.25, 0.3) is 5.91 Å². The monoisotopic (exact) mass is 428 g/mol. The highest BCUT2D eigenvalue weighted by Gasteiger charge is 2.35. The molecule has 0 N–H and O–H groups in total. The van der Waals surface area contributed by atoms with Crippen LogP contribution in [0.15, 0.2) is 51.6 Å². The van der Waals surface area contributed by atoms with E-state index in [1.165, 1.54) is 12.0 Å². The van der Waals surface area contributed by atoms with Crippen molar-refractivity contribution in [2.75, 3.05) is 14.2 Å². The summed E-state index contributed by atoms with van der Waals surface area (Å²) in [6.07, 6.45) is 1.78. The molecule has 0 saturated carbocycles. The Morgan fingerprint density at radius 3 is 2.52 bits per heavy atom. The minimum Gasteiger partial charge on any atom is -0.465 e. The number of carbonyl (C=O) groups excluding carboxylic acids is 2. The molecule has 27 heavy (non-hydrogen) atoms. The minimum atomic E-state index is -0.503. The molecule has 0 saturated heterocycles. The molecule has 0 bridgehead atoms. The lowest BCUT2D eigenvalue weighted by atomic mass is 10.0. The van der Waals surface area contributed by atoms with Gasteiger partial charge in [-0.1, -0.05) is 22.0 Å². The number of allylic oxidation sites excluding steroid dienone is 1. The van der Waals surface area contributed by atoms with Crippen molar-refractivity contribution in [3.05, 3.63) is 68.6 Å². The molecule has 6 heteroatoms. The Bertz CT molecular complexity index is 1010. The van der Waals surface area contributed by atoms with E-state index in [9.17, 15) is 9.59 Å². The van der Waals surface area contributed by atoms with Gasteiger partial charge in [0.15, 0.2) is 0 Å². The number of aryl methyl sites for hydroxylation is 1. The van der Waals surface area contributed by atoms with Crippen LogP contribution >= 0.6 is 15.9 Å². The smallest absolute Gasteiger partial charge is 0.340 e. The molecule has 1 aliphatic rings. The van der Waals surface area contributed by atoms with Gasteiger partial charge in [-0.15, -0.1) is 0 Å². The maximum atomic E-state index is 12.7. The predicted molar refractivity (Wildman–Crippen MR) is 108 cm³/mol.